The van der Waals surface area contributed by atoms with Crippen LogP contribution < -0.4 is 5.32 Å². The molecule has 2 rings (SSSR count). The first-order chi connectivity index (χ1) is 9.19. The van der Waals surface area contributed by atoms with Gasteiger partial charge in [0.25, 0.3) is 0 Å². The summed E-state index contributed by atoms with van der Waals surface area (Å²) in [5.41, 5.74) is 0.686. The highest BCUT2D eigenvalue weighted by Gasteiger charge is 2.21. The molecular weight excluding hydrogens is 262 g/mol. The number of hydrogen-bond donors (Lipinski definition) is 2. The average Bonchev–Trinajstić information content (AvgIpc) is 2.41. The van der Waals surface area contributed by atoms with Crippen molar-refractivity contribution in [2.75, 3.05) is 24.2 Å². The van der Waals surface area contributed by atoms with E-state index < -0.39 is 6.10 Å². The normalized spacial score (nSPS) is 19.3. The molecule has 0 spiro atoms. The summed E-state index contributed by atoms with van der Waals surface area (Å²) < 4.78 is 0. The Balaban J connectivity index is 1.90. The monoisotopic (exact) mass is 281 g/mol. The molecule has 1 aromatic heterocycles. The largest absolute Gasteiger partial charge is 0.391 e. The van der Waals surface area contributed by atoms with Gasteiger partial charge in [0.1, 0.15) is 0 Å². The van der Waals surface area contributed by atoms with Gasteiger partial charge in [0.05, 0.1) is 23.0 Å². The van der Waals surface area contributed by atoms with Crippen LogP contribution in [0, 0.1) is 0 Å². The molecule has 6 heteroatoms. The number of nitrogens with zero attached hydrogens (tertiary/aromatic N) is 2. The quantitative estimate of drug-likeness (QED) is 0.834. The van der Waals surface area contributed by atoms with Crippen molar-refractivity contribution in [2.24, 2.45) is 0 Å². The van der Waals surface area contributed by atoms with E-state index in [4.69, 9.17) is 0 Å². The number of aliphatic hydroxyl groups excluding tert-OH is 1. The number of piperidine rings is 1. The summed E-state index contributed by atoms with van der Waals surface area (Å²) in [6, 6.07) is 3.58. The molecule has 2 heterocycles. The predicted octanol–water partition coefficient (Wildman–Crippen LogP) is 2.18. The summed E-state index contributed by atoms with van der Waals surface area (Å²) in [7, 11) is 0. The Morgan fingerprint density at radius 1 is 1.63 bits per heavy atom. The molecule has 2 N–H and O–H groups in total. The Hall–Kier alpha value is -1.27. The molecule has 1 fully saturated rings. The summed E-state index contributed by atoms with van der Waals surface area (Å²) >= 11 is 1.66. The van der Waals surface area contributed by atoms with Gasteiger partial charge in [-0.1, -0.05) is 6.92 Å². The fraction of sp³-hybridized carbons (Fsp3) is 0.538. The molecule has 1 aliphatic heterocycles. The van der Waals surface area contributed by atoms with Gasteiger partial charge in [-0.05, 0) is 30.7 Å². The third-order valence-electron chi connectivity index (χ3n) is 2.96. The van der Waals surface area contributed by atoms with Gasteiger partial charge in [-0.2, -0.15) is 0 Å². The van der Waals surface area contributed by atoms with Crippen LogP contribution in [-0.4, -0.2) is 46.0 Å². The third kappa shape index (κ3) is 4.11. The highest BCUT2D eigenvalue weighted by molar-refractivity contribution is 7.99. The number of rotatable bonds is 3. The van der Waals surface area contributed by atoms with Gasteiger partial charge in [-0.25, -0.2) is 9.78 Å². The molecule has 5 nitrogen and oxygen atoms in total. The lowest BCUT2D eigenvalue weighted by atomic mass is 10.1. The van der Waals surface area contributed by atoms with Crippen molar-refractivity contribution < 1.29 is 9.90 Å². The summed E-state index contributed by atoms with van der Waals surface area (Å²) in [6.07, 6.45) is 2.88. The number of thioether (sulfide) groups is 1. The molecule has 0 radical (unpaired) electrons. The Morgan fingerprint density at radius 3 is 3.11 bits per heavy atom. The third-order valence-corrected chi connectivity index (χ3v) is 3.79. The van der Waals surface area contributed by atoms with Gasteiger partial charge < -0.3 is 15.3 Å². The highest BCUT2D eigenvalue weighted by Crippen LogP contribution is 2.17. The van der Waals surface area contributed by atoms with E-state index in [9.17, 15) is 9.90 Å². The van der Waals surface area contributed by atoms with E-state index in [0.29, 0.717) is 18.8 Å². The van der Waals surface area contributed by atoms with Crippen LogP contribution in [0.15, 0.2) is 23.4 Å². The minimum atomic E-state index is -0.402. The summed E-state index contributed by atoms with van der Waals surface area (Å²) in [6.45, 7) is 3.17. The molecule has 0 aliphatic carbocycles. The van der Waals surface area contributed by atoms with Crippen LogP contribution in [0.5, 0.6) is 0 Å². The van der Waals surface area contributed by atoms with E-state index in [1.807, 2.05) is 12.1 Å². The second-order valence-corrected chi connectivity index (χ2v) is 5.77. The number of aliphatic hydroxyl groups is 1. The van der Waals surface area contributed by atoms with Gasteiger partial charge in [0.15, 0.2) is 0 Å². The second-order valence-electron chi connectivity index (χ2n) is 4.49. The molecule has 0 aromatic carbocycles. The van der Waals surface area contributed by atoms with Crippen LogP contribution in [0.1, 0.15) is 19.8 Å². The Morgan fingerprint density at radius 2 is 2.47 bits per heavy atom. The molecule has 104 valence electrons. The SMILES string of the molecule is CCSc1ccc(NC(=O)N2CCCC(O)C2)cn1. The Labute approximate surface area is 117 Å². The molecular formula is C13H19N3O2S. The van der Waals surface area contributed by atoms with Crippen molar-refractivity contribution in [3.8, 4) is 0 Å². The van der Waals surface area contributed by atoms with E-state index in [-0.39, 0.29) is 6.03 Å². The Kier molecular flexibility index (Phi) is 5.04. The number of carbonyl (C=O) groups excluding carboxylic acids is 1. The zero-order valence-electron chi connectivity index (χ0n) is 11.0. The van der Waals surface area contributed by atoms with Crippen LogP contribution in [0.25, 0.3) is 0 Å². The van der Waals surface area contributed by atoms with Crippen molar-refractivity contribution >= 4 is 23.5 Å². The number of aromatic nitrogens is 1. The van der Waals surface area contributed by atoms with Gasteiger partial charge in [-0.3, -0.25) is 0 Å². The lowest BCUT2D eigenvalue weighted by Gasteiger charge is -2.30. The summed E-state index contributed by atoms with van der Waals surface area (Å²) in [4.78, 5) is 17.9. The van der Waals surface area contributed by atoms with Gasteiger partial charge >= 0.3 is 6.03 Å². The molecule has 2 amide bonds. The average molecular weight is 281 g/mol. The zero-order valence-corrected chi connectivity index (χ0v) is 11.8. The minimum absolute atomic E-state index is 0.170. The van der Waals surface area contributed by atoms with E-state index in [2.05, 4.69) is 17.2 Å². The number of urea groups is 1. The molecule has 1 unspecified atom stereocenters. The molecule has 1 aromatic rings. The topological polar surface area (TPSA) is 65.5 Å². The zero-order chi connectivity index (χ0) is 13.7. The number of nitrogens with one attached hydrogen (secondary N) is 1. The highest BCUT2D eigenvalue weighted by atomic mass is 32.2. The number of pyridine rings is 1. The van der Waals surface area contributed by atoms with Crippen LogP contribution in [-0.2, 0) is 0 Å². The fourth-order valence-corrected chi connectivity index (χ4v) is 2.62. The predicted molar refractivity (Wildman–Crippen MR) is 76.5 cm³/mol. The van der Waals surface area contributed by atoms with Crippen LogP contribution in [0.4, 0.5) is 10.5 Å². The van der Waals surface area contributed by atoms with E-state index in [1.54, 1.807) is 22.9 Å². The van der Waals surface area contributed by atoms with Gasteiger partial charge in [0.2, 0.25) is 0 Å². The van der Waals surface area contributed by atoms with Crippen molar-refractivity contribution in [3.63, 3.8) is 0 Å². The maximum atomic E-state index is 12.0. The first-order valence-electron chi connectivity index (χ1n) is 6.52. The summed E-state index contributed by atoms with van der Waals surface area (Å²) in [5, 5.41) is 13.3. The van der Waals surface area contributed by atoms with E-state index in [1.165, 1.54) is 0 Å². The number of hydrogen-bond acceptors (Lipinski definition) is 4. The molecule has 1 saturated heterocycles. The lowest BCUT2D eigenvalue weighted by molar-refractivity contribution is 0.0883. The molecule has 1 atom stereocenters. The molecule has 1 aliphatic rings. The van der Waals surface area contributed by atoms with Crippen molar-refractivity contribution in [1.29, 1.82) is 0 Å². The number of carbonyl (C=O) groups is 1. The first-order valence-corrected chi connectivity index (χ1v) is 7.50. The smallest absolute Gasteiger partial charge is 0.321 e. The maximum Gasteiger partial charge on any atom is 0.321 e. The number of β-amino-alcohol motifs (C(OH)–C–C–N with tert-alkyl or cyclic N) is 1. The van der Waals surface area contributed by atoms with E-state index in [0.717, 1.165) is 23.6 Å². The number of anilines is 1. The standard InChI is InChI=1S/C13H19N3O2S/c1-2-19-12-6-5-10(8-14-12)15-13(18)16-7-3-4-11(17)9-16/h5-6,8,11,17H,2-4,7,9H2,1H3,(H,15,18). The van der Waals surface area contributed by atoms with Crippen LogP contribution in [0.2, 0.25) is 0 Å². The first kappa shape index (κ1) is 14.1. The van der Waals surface area contributed by atoms with Gasteiger partial charge in [-0.15, -0.1) is 11.8 Å². The summed E-state index contributed by atoms with van der Waals surface area (Å²) in [5.74, 6) is 0.977. The van der Waals surface area contributed by atoms with Crippen molar-refractivity contribution in [1.82, 2.24) is 9.88 Å². The number of likely N-dealkylation sites (tertiary alicyclic amines) is 1. The van der Waals surface area contributed by atoms with Crippen molar-refractivity contribution in [3.05, 3.63) is 18.3 Å². The lowest BCUT2D eigenvalue weighted by Crippen LogP contribution is -2.44. The van der Waals surface area contributed by atoms with Crippen LogP contribution >= 0.6 is 11.8 Å². The van der Waals surface area contributed by atoms with E-state index >= 15 is 0 Å². The second kappa shape index (κ2) is 6.77. The molecule has 0 bridgehead atoms. The minimum Gasteiger partial charge on any atom is -0.391 e. The fourth-order valence-electron chi connectivity index (χ4n) is 2.03. The maximum absolute atomic E-state index is 12.0. The van der Waals surface area contributed by atoms with Crippen molar-refractivity contribution in [2.45, 2.75) is 30.9 Å². The Bertz CT molecular complexity index is 424. The van der Waals surface area contributed by atoms with Crippen LogP contribution in [0.3, 0.4) is 0 Å². The molecule has 19 heavy (non-hydrogen) atoms. The molecule has 0 saturated carbocycles. The van der Waals surface area contributed by atoms with Gasteiger partial charge in [0, 0.05) is 13.1 Å². The number of amides is 2.